The Bertz CT molecular complexity index is 485. The highest BCUT2D eigenvalue weighted by molar-refractivity contribution is 9.10. The van der Waals surface area contributed by atoms with Gasteiger partial charge in [-0.05, 0) is 46.5 Å². The summed E-state index contributed by atoms with van der Waals surface area (Å²) in [6.07, 6.45) is 1.15. The SMILES string of the molecule is CCCOc1ccc(C(=O)CC(C)CC(=O)O)cc1Br. The van der Waals surface area contributed by atoms with Crippen LogP contribution in [0.3, 0.4) is 0 Å². The number of carboxylic acid groups (broad SMARTS) is 1. The van der Waals surface area contributed by atoms with Gasteiger partial charge in [0.1, 0.15) is 5.75 Å². The van der Waals surface area contributed by atoms with Crippen molar-refractivity contribution in [2.45, 2.75) is 33.1 Å². The molecule has 0 aromatic heterocycles. The molecule has 0 heterocycles. The zero-order chi connectivity index (χ0) is 15.1. The molecule has 1 N–H and O–H groups in total. The van der Waals surface area contributed by atoms with Crippen LogP contribution >= 0.6 is 15.9 Å². The van der Waals surface area contributed by atoms with E-state index in [0.717, 1.165) is 10.9 Å². The van der Waals surface area contributed by atoms with Crippen molar-refractivity contribution in [1.82, 2.24) is 0 Å². The number of hydrogen-bond acceptors (Lipinski definition) is 3. The van der Waals surface area contributed by atoms with E-state index in [-0.39, 0.29) is 24.5 Å². The zero-order valence-corrected chi connectivity index (χ0v) is 13.3. The van der Waals surface area contributed by atoms with Crippen LogP contribution in [0.5, 0.6) is 5.75 Å². The van der Waals surface area contributed by atoms with Crippen LogP contribution in [0, 0.1) is 5.92 Å². The van der Waals surface area contributed by atoms with Gasteiger partial charge in [-0.15, -0.1) is 0 Å². The van der Waals surface area contributed by atoms with Gasteiger partial charge in [0, 0.05) is 18.4 Å². The Morgan fingerprint density at radius 3 is 2.60 bits per heavy atom. The van der Waals surface area contributed by atoms with Gasteiger partial charge in [-0.1, -0.05) is 13.8 Å². The predicted molar refractivity (Wildman–Crippen MR) is 80.3 cm³/mol. The molecule has 0 saturated carbocycles. The van der Waals surface area contributed by atoms with Crippen molar-refractivity contribution >= 4 is 27.7 Å². The van der Waals surface area contributed by atoms with Crippen LogP contribution < -0.4 is 4.74 Å². The largest absolute Gasteiger partial charge is 0.492 e. The van der Waals surface area contributed by atoms with E-state index in [1.54, 1.807) is 25.1 Å². The van der Waals surface area contributed by atoms with Crippen molar-refractivity contribution < 1.29 is 19.4 Å². The Morgan fingerprint density at radius 2 is 2.05 bits per heavy atom. The number of ether oxygens (including phenoxy) is 1. The number of Topliss-reactive ketones (excluding diaryl/α,β-unsaturated/α-hetero) is 1. The molecule has 0 amide bonds. The van der Waals surface area contributed by atoms with Gasteiger partial charge in [0.25, 0.3) is 0 Å². The summed E-state index contributed by atoms with van der Waals surface area (Å²) < 4.78 is 6.26. The van der Waals surface area contributed by atoms with E-state index >= 15 is 0 Å². The number of benzene rings is 1. The molecule has 1 rings (SSSR count). The first-order valence-corrected chi connectivity index (χ1v) is 7.40. The van der Waals surface area contributed by atoms with E-state index in [0.29, 0.717) is 17.9 Å². The van der Waals surface area contributed by atoms with Crippen LogP contribution in [-0.2, 0) is 4.79 Å². The van der Waals surface area contributed by atoms with Crippen molar-refractivity contribution in [3.63, 3.8) is 0 Å². The Balaban J connectivity index is 2.69. The number of aliphatic carboxylic acids is 1. The first-order valence-electron chi connectivity index (χ1n) is 6.61. The van der Waals surface area contributed by atoms with E-state index in [9.17, 15) is 9.59 Å². The van der Waals surface area contributed by atoms with Gasteiger partial charge in [-0.2, -0.15) is 0 Å². The standard InChI is InChI=1S/C15H19BrO4/c1-3-6-20-14-5-4-11(9-12(14)16)13(17)7-10(2)8-15(18)19/h4-5,9-10H,3,6-8H2,1-2H3,(H,18,19). The number of hydrogen-bond donors (Lipinski definition) is 1. The summed E-state index contributed by atoms with van der Waals surface area (Å²) in [7, 11) is 0. The second kappa shape index (κ2) is 8.04. The normalized spacial score (nSPS) is 11.9. The molecule has 0 spiro atoms. The molecular weight excluding hydrogens is 324 g/mol. The molecular formula is C15H19BrO4. The third-order valence-electron chi connectivity index (χ3n) is 2.77. The average molecular weight is 343 g/mol. The Hall–Kier alpha value is -1.36. The Kier molecular flexibility index (Phi) is 6.71. The van der Waals surface area contributed by atoms with Crippen molar-refractivity contribution in [3.8, 4) is 5.75 Å². The molecule has 1 aromatic rings. The van der Waals surface area contributed by atoms with Crippen molar-refractivity contribution in [2.24, 2.45) is 5.92 Å². The van der Waals surface area contributed by atoms with E-state index in [1.165, 1.54) is 0 Å². The van der Waals surface area contributed by atoms with Crippen molar-refractivity contribution in [1.29, 1.82) is 0 Å². The number of ketones is 1. The first-order chi connectivity index (χ1) is 9.43. The third kappa shape index (κ3) is 5.33. The summed E-state index contributed by atoms with van der Waals surface area (Å²) in [6.45, 7) is 4.41. The fourth-order valence-corrected chi connectivity index (χ4v) is 2.30. The van der Waals surface area contributed by atoms with Gasteiger partial charge < -0.3 is 9.84 Å². The number of rotatable bonds is 8. The molecule has 0 radical (unpaired) electrons. The molecule has 1 unspecified atom stereocenters. The highest BCUT2D eigenvalue weighted by Crippen LogP contribution is 2.27. The maximum atomic E-state index is 12.1. The quantitative estimate of drug-likeness (QED) is 0.727. The number of carbonyl (C=O) groups is 2. The summed E-state index contributed by atoms with van der Waals surface area (Å²) in [5.74, 6) is -0.395. The predicted octanol–water partition coefficient (Wildman–Crippen LogP) is 3.92. The average Bonchev–Trinajstić information content (AvgIpc) is 2.36. The minimum absolute atomic E-state index is 0.00457. The zero-order valence-electron chi connectivity index (χ0n) is 11.7. The molecule has 20 heavy (non-hydrogen) atoms. The maximum Gasteiger partial charge on any atom is 0.303 e. The van der Waals surface area contributed by atoms with Gasteiger partial charge in [-0.3, -0.25) is 9.59 Å². The van der Waals surface area contributed by atoms with Gasteiger partial charge in [-0.25, -0.2) is 0 Å². The molecule has 110 valence electrons. The van der Waals surface area contributed by atoms with Crippen LogP contribution in [0.25, 0.3) is 0 Å². The maximum absolute atomic E-state index is 12.1. The molecule has 0 fully saturated rings. The second-order valence-corrected chi connectivity index (χ2v) is 5.68. The molecule has 1 atom stereocenters. The highest BCUT2D eigenvalue weighted by atomic mass is 79.9. The molecule has 0 aliphatic carbocycles. The minimum atomic E-state index is -0.880. The van der Waals surface area contributed by atoms with Crippen LogP contribution in [0.1, 0.15) is 43.5 Å². The lowest BCUT2D eigenvalue weighted by Crippen LogP contribution is -2.10. The lowest BCUT2D eigenvalue weighted by atomic mass is 9.97. The highest BCUT2D eigenvalue weighted by Gasteiger charge is 2.15. The topological polar surface area (TPSA) is 63.6 Å². The number of carbonyl (C=O) groups excluding carboxylic acids is 1. The lowest BCUT2D eigenvalue weighted by molar-refractivity contribution is -0.137. The molecule has 0 aliphatic heterocycles. The molecule has 4 nitrogen and oxygen atoms in total. The minimum Gasteiger partial charge on any atom is -0.492 e. The van der Waals surface area contributed by atoms with Gasteiger partial charge >= 0.3 is 5.97 Å². The molecule has 0 bridgehead atoms. The smallest absolute Gasteiger partial charge is 0.303 e. The number of halogens is 1. The third-order valence-corrected chi connectivity index (χ3v) is 3.39. The summed E-state index contributed by atoms with van der Waals surface area (Å²) in [5.41, 5.74) is 0.568. The second-order valence-electron chi connectivity index (χ2n) is 4.82. The van der Waals surface area contributed by atoms with Crippen LogP contribution in [0.15, 0.2) is 22.7 Å². The fraction of sp³-hybridized carbons (Fsp3) is 0.467. The lowest BCUT2D eigenvalue weighted by Gasteiger charge is -2.10. The summed E-state index contributed by atoms with van der Waals surface area (Å²) >= 11 is 3.38. The van der Waals surface area contributed by atoms with E-state index < -0.39 is 5.97 Å². The molecule has 0 aliphatic rings. The molecule has 1 aromatic carbocycles. The van der Waals surface area contributed by atoms with Gasteiger partial charge in [0.15, 0.2) is 5.78 Å². The van der Waals surface area contributed by atoms with Crippen LogP contribution in [-0.4, -0.2) is 23.5 Å². The summed E-state index contributed by atoms with van der Waals surface area (Å²) in [5, 5.41) is 8.69. The van der Waals surface area contributed by atoms with Gasteiger partial charge in [0.2, 0.25) is 0 Å². The van der Waals surface area contributed by atoms with E-state index in [1.807, 2.05) is 6.92 Å². The monoisotopic (exact) mass is 342 g/mol. The summed E-state index contributed by atoms with van der Waals surface area (Å²) in [4.78, 5) is 22.7. The molecule has 5 heteroatoms. The first kappa shape index (κ1) is 16.7. The number of carboxylic acids is 1. The van der Waals surface area contributed by atoms with Crippen molar-refractivity contribution in [3.05, 3.63) is 28.2 Å². The van der Waals surface area contributed by atoms with Crippen molar-refractivity contribution in [2.75, 3.05) is 6.61 Å². The Labute approximate surface area is 127 Å². The summed E-state index contributed by atoms with van der Waals surface area (Å²) in [6, 6.07) is 5.20. The van der Waals surface area contributed by atoms with Crippen LogP contribution in [0.2, 0.25) is 0 Å². The van der Waals surface area contributed by atoms with Gasteiger partial charge in [0.05, 0.1) is 11.1 Å². The van der Waals surface area contributed by atoms with E-state index in [4.69, 9.17) is 9.84 Å². The fourth-order valence-electron chi connectivity index (χ4n) is 1.81. The molecule has 0 saturated heterocycles. The van der Waals surface area contributed by atoms with E-state index in [2.05, 4.69) is 15.9 Å². The Morgan fingerprint density at radius 1 is 1.35 bits per heavy atom. The van der Waals surface area contributed by atoms with Crippen LogP contribution in [0.4, 0.5) is 0 Å².